The van der Waals surface area contributed by atoms with E-state index in [2.05, 4.69) is 32.6 Å². The van der Waals surface area contributed by atoms with E-state index in [1.807, 2.05) is 12.1 Å². The summed E-state index contributed by atoms with van der Waals surface area (Å²) >= 11 is 0. The third-order valence-electron chi connectivity index (χ3n) is 3.00. The summed E-state index contributed by atoms with van der Waals surface area (Å²) in [6.45, 7) is 8.09. The highest BCUT2D eigenvalue weighted by atomic mass is 16.5. The van der Waals surface area contributed by atoms with Gasteiger partial charge < -0.3 is 10.5 Å². The summed E-state index contributed by atoms with van der Waals surface area (Å²) in [5, 5.41) is 0. The first-order chi connectivity index (χ1) is 8.10. The Morgan fingerprint density at radius 3 is 2.65 bits per heavy atom. The summed E-state index contributed by atoms with van der Waals surface area (Å²) in [7, 11) is 1.69. The molecule has 1 rings (SSSR count). The number of rotatable bonds is 6. The normalized spacial score (nSPS) is 12.5. The van der Waals surface area contributed by atoms with Gasteiger partial charge in [-0.15, -0.1) is 6.58 Å². The van der Waals surface area contributed by atoms with Crippen molar-refractivity contribution in [1.29, 1.82) is 0 Å². The van der Waals surface area contributed by atoms with Gasteiger partial charge in [0.1, 0.15) is 5.75 Å². The molecule has 2 N–H and O–H groups in total. The molecule has 1 aromatic rings. The summed E-state index contributed by atoms with van der Waals surface area (Å²) in [5.74, 6) is 1.39. The van der Waals surface area contributed by atoms with Gasteiger partial charge in [-0.05, 0) is 30.4 Å². The monoisotopic (exact) mass is 233 g/mol. The molecule has 2 nitrogen and oxygen atoms in total. The zero-order valence-corrected chi connectivity index (χ0v) is 11.1. The highest BCUT2D eigenvalue weighted by Crippen LogP contribution is 2.30. The molecule has 0 unspecified atom stereocenters. The Morgan fingerprint density at radius 2 is 2.12 bits per heavy atom. The average Bonchev–Trinajstić information content (AvgIpc) is 2.34. The van der Waals surface area contributed by atoms with Crippen LogP contribution in [0.5, 0.6) is 5.75 Å². The molecule has 94 valence electrons. The Labute approximate surface area is 104 Å². The predicted octanol–water partition coefficient (Wildman–Crippen LogP) is 3.78. The van der Waals surface area contributed by atoms with Gasteiger partial charge in [0.05, 0.1) is 7.11 Å². The topological polar surface area (TPSA) is 35.2 Å². The maximum Gasteiger partial charge on any atom is 0.123 e. The zero-order valence-electron chi connectivity index (χ0n) is 11.1. The van der Waals surface area contributed by atoms with E-state index in [0.717, 1.165) is 24.2 Å². The van der Waals surface area contributed by atoms with E-state index in [1.54, 1.807) is 7.11 Å². The van der Waals surface area contributed by atoms with E-state index < -0.39 is 0 Å². The van der Waals surface area contributed by atoms with E-state index >= 15 is 0 Å². The molecular weight excluding hydrogens is 210 g/mol. The van der Waals surface area contributed by atoms with E-state index in [0.29, 0.717) is 5.92 Å². The standard InChI is InChI=1S/C15H23NO/c1-5-6-7-14(16)13-10-12(11(2)3)8-9-15(13)17-4/h5,8-11,14H,1,6-7,16H2,2-4H3/t14-/m1/s1. The van der Waals surface area contributed by atoms with Gasteiger partial charge in [-0.3, -0.25) is 0 Å². The Kier molecular flexibility index (Phi) is 5.23. The molecule has 0 radical (unpaired) electrons. The van der Waals surface area contributed by atoms with Gasteiger partial charge in [0.15, 0.2) is 0 Å². The summed E-state index contributed by atoms with van der Waals surface area (Å²) < 4.78 is 5.38. The molecule has 1 atom stereocenters. The van der Waals surface area contributed by atoms with Gasteiger partial charge in [0.2, 0.25) is 0 Å². The summed E-state index contributed by atoms with van der Waals surface area (Å²) in [6.07, 6.45) is 3.73. The molecule has 0 heterocycles. The van der Waals surface area contributed by atoms with Gasteiger partial charge in [-0.1, -0.05) is 32.1 Å². The fourth-order valence-corrected chi connectivity index (χ4v) is 1.85. The molecule has 0 aliphatic heterocycles. The Balaban J connectivity index is 3.00. The first kappa shape index (κ1) is 13.8. The third-order valence-corrected chi connectivity index (χ3v) is 3.00. The molecule has 0 aliphatic rings. The quantitative estimate of drug-likeness (QED) is 0.759. The van der Waals surface area contributed by atoms with Crippen LogP contribution in [0.2, 0.25) is 0 Å². The highest BCUT2D eigenvalue weighted by Gasteiger charge is 2.13. The minimum atomic E-state index is 0.0154. The molecule has 0 amide bonds. The van der Waals surface area contributed by atoms with Gasteiger partial charge in [0, 0.05) is 11.6 Å². The molecule has 0 aliphatic carbocycles. The first-order valence-corrected chi connectivity index (χ1v) is 6.14. The number of allylic oxidation sites excluding steroid dienone is 1. The van der Waals surface area contributed by atoms with Crippen molar-refractivity contribution in [3.05, 3.63) is 42.0 Å². The average molecular weight is 233 g/mol. The van der Waals surface area contributed by atoms with E-state index in [1.165, 1.54) is 5.56 Å². The number of nitrogens with two attached hydrogens (primary N) is 1. The fourth-order valence-electron chi connectivity index (χ4n) is 1.85. The van der Waals surface area contributed by atoms with Crippen LogP contribution in [0.3, 0.4) is 0 Å². The second kappa shape index (κ2) is 6.45. The number of ether oxygens (including phenoxy) is 1. The van der Waals surface area contributed by atoms with Crippen LogP contribution in [0, 0.1) is 0 Å². The molecule has 0 spiro atoms. The summed E-state index contributed by atoms with van der Waals surface area (Å²) in [4.78, 5) is 0. The number of methoxy groups -OCH3 is 1. The van der Waals surface area contributed by atoms with Crippen LogP contribution in [0.25, 0.3) is 0 Å². The third kappa shape index (κ3) is 3.60. The molecule has 2 heteroatoms. The van der Waals surface area contributed by atoms with Crippen molar-refractivity contribution in [2.24, 2.45) is 5.73 Å². The van der Waals surface area contributed by atoms with Gasteiger partial charge in [-0.25, -0.2) is 0 Å². The lowest BCUT2D eigenvalue weighted by Crippen LogP contribution is -2.12. The van der Waals surface area contributed by atoms with Crippen molar-refractivity contribution in [2.45, 2.75) is 38.6 Å². The lowest BCUT2D eigenvalue weighted by atomic mass is 9.95. The molecule has 0 bridgehead atoms. The minimum Gasteiger partial charge on any atom is -0.496 e. The summed E-state index contributed by atoms with van der Waals surface area (Å²) in [5.41, 5.74) is 8.60. The van der Waals surface area contributed by atoms with Crippen molar-refractivity contribution < 1.29 is 4.74 Å². The lowest BCUT2D eigenvalue weighted by molar-refractivity contribution is 0.404. The first-order valence-electron chi connectivity index (χ1n) is 6.14. The van der Waals surface area contributed by atoms with Crippen LogP contribution < -0.4 is 10.5 Å². The maximum atomic E-state index is 6.20. The second-order valence-corrected chi connectivity index (χ2v) is 4.63. The van der Waals surface area contributed by atoms with Crippen molar-refractivity contribution >= 4 is 0 Å². The lowest BCUT2D eigenvalue weighted by Gasteiger charge is -2.17. The van der Waals surface area contributed by atoms with Crippen LogP contribution in [0.1, 0.15) is 49.8 Å². The number of benzene rings is 1. The minimum absolute atomic E-state index is 0.0154. The smallest absolute Gasteiger partial charge is 0.123 e. The maximum absolute atomic E-state index is 6.20. The van der Waals surface area contributed by atoms with Crippen molar-refractivity contribution in [3.63, 3.8) is 0 Å². The predicted molar refractivity (Wildman–Crippen MR) is 73.4 cm³/mol. The van der Waals surface area contributed by atoms with Crippen LogP contribution in [-0.2, 0) is 0 Å². The fraction of sp³-hybridized carbons (Fsp3) is 0.467. The number of hydrogen-bond donors (Lipinski definition) is 1. The second-order valence-electron chi connectivity index (χ2n) is 4.63. The molecule has 0 saturated carbocycles. The van der Waals surface area contributed by atoms with E-state index in [9.17, 15) is 0 Å². The number of hydrogen-bond acceptors (Lipinski definition) is 2. The van der Waals surface area contributed by atoms with Crippen LogP contribution in [-0.4, -0.2) is 7.11 Å². The molecule has 17 heavy (non-hydrogen) atoms. The van der Waals surface area contributed by atoms with Gasteiger partial charge in [-0.2, -0.15) is 0 Å². The zero-order chi connectivity index (χ0) is 12.8. The highest BCUT2D eigenvalue weighted by molar-refractivity contribution is 5.40. The van der Waals surface area contributed by atoms with E-state index in [-0.39, 0.29) is 6.04 Å². The van der Waals surface area contributed by atoms with Crippen molar-refractivity contribution in [3.8, 4) is 5.75 Å². The molecule has 1 aromatic carbocycles. The van der Waals surface area contributed by atoms with Crippen molar-refractivity contribution in [1.82, 2.24) is 0 Å². The molecule has 0 saturated heterocycles. The van der Waals surface area contributed by atoms with E-state index in [4.69, 9.17) is 10.5 Å². The van der Waals surface area contributed by atoms with Gasteiger partial charge >= 0.3 is 0 Å². The SMILES string of the molecule is C=CCC[C@@H](N)c1cc(C(C)C)ccc1OC. The Hall–Kier alpha value is -1.28. The van der Waals surface area contributed by atoms with Crippen LogP contribution >= 0.6 is 0 Å². The largest absolute Gasteiger partial charge is 0.496 e. The molecule has 0 aromatic heterocycles. The Bertz CT molecular complexity index is 371. The van der Waals surface area contributed by atoms with Crippen molar-refractivity contribution in [2.75, 3.05) is 7.11 Å². The Morgan fingerprint density at radius 1 is 1.41 bits per heavy atom. The molecular formula is C15H23NO. The molecule has 0 fully saturated rings. The summed E-state index contributed by atoms with van der Waals surface area (Å²) in [6, 6.07) is 6.30. The van der Waals surface area contributed by atoms with Gasteiger partial charge in [0.25, 0.3) is 0 Å². The van der Waals surface area contributed by atoms with Crippen LogP contribution in [0.15, 0.2) is 30.9 Å². The van der Waals surface area contributed by atoms with Crippen LogP contribution in [0.4, 0.5) is 0 Å².